The van der Waals surface area contributed by atoms with Gasteiger partial charge in [-0.3, -0.25) is 0 Å². The number of aliphatic hydroxyl groups excluding tert-OH is 1. The van der Waals surface area contributed by atoms with E-state index in [1.165, 1.54) is 32.1 Å². The molecule has 1 aromatic rings. The zero-order valence-corrected chi connectivity index (χ0v) is 12.2. The molecule has 3 nitrogen and oxygen atoms in total. The molecule has 1 aliphatic heterocycles. The van der Waals surface area contributed by atoms with E-state index in [0.717, 1.165) is 17.7 Å². The Kier molecular flexibility index (Phi) is 3.99. The summed E-state index contributed by atoms with van der Waals surface area (Å²) in [4.78, 5) is 0. The predicted octanol–water partition coefficient (Wildman–Crippen LogP) is 3.61. The molecule has 110 valence electrons. The Balaban J connectivity index is 1.54. The van der Waals surface area contributed by atoms with Gasteiger partial charge in [-0.15, -0.1) is 0 Å². The first-order chi connectivity index (χ1) is 9.67. The van der Waals surface area contributed by atoms with Crippen molar-refractivity contribution in [2.45, 2.75) is 63.3 Å². The molecule has 0 bridgehead atoms. The minimum absolute atomic E-state index is 0.176. The first kappa shape index (κ1) is 13.9. The van der Waals surface area contributed by atoms with Crippen LogP contribution in [0.2, 0.25) is 0 Å². The molecular weight excluding hydrogens is 252 g/mol. The molecule has 1 heterocycles. The van der Waals surface area contributed by atoms with Crippen molar-refractivity contribution in [1.29, 1.82) is 0 Å². The lowest BCUT2D eigenvalue weighted by Gasteiger charge is -2.23. The minimum Gasteiger partial charge on any atom is -0.491 e. The third-order valence-corrected chi connectivity index (χ3v) is 4.63. The molecule has 3 heteroatoms. The van der Waals surface area contributed by atoms with Gasteiger partial charge in [0.05, 0.1) is 17.8 Å². The van der Waals surface area contributed by atoms with Gasteiger partial charge in [-0.25, -0.2) is 0 Å². The molecular formula is C17H24O3. The van der Waals surface area contributed by atoms with Gasteiger partial charge >= 0.3 is 0 Å². The van der Waals surface area contributed by atoms with Crippen LogP contribution in [0.25, 0.3) is 0 Å². The topological polar surface area (TPSA) is 38.7 Å². The SMILES string of the molecule is C[C@H](O)c1cccc(OCC2CCC3(CCCC3)O2)c1. The maximum Gasteiger partial charge on any atom is 0.119 e. The smallest absolute Gasteiger partial charge is 0.119 e. The van der Waals surface area contributed by atoms with Crippen molar-refractivity contribution in [3.63, 3.8) is 0 Å². The Bertz CT molecular complexity index is 449. The molecule has 1 aromatic carbocycles. The van der Waals surface area contributed by atoms with E-state index in [4.69, 9.17) is 9.47 Å². The summed E-state index contributed by atoms with van der Waals surface area (Å²) >= 11 is 0. The summed E-state index contributed by atoms with van der Waals surface area (Å²) < 4.78 is 12.1. The average molecular weight is 276 g/mol. The zero-order chi connectivity index (χ0) is 14.0. The van der Waals surface area contributed by atoms with Crippen LogP contribution in [0, 0.1) is 0 Å². The highest BCUT2D eigenvalue weighted by Gasteiger charge is 2.42. The van der Waals surface area contributed by atoms with Crippen LogP contribution >= 0.6 is 0 Å². The van der Waals surface area contributed by atoms with E-state index in [-0.39, 0.29) is 11.7 Å². The summed E-state index contributed by atoms with van der Waals surface area (Å²) in [7, 11) is 0. The van der Waals surface area contributed by atoms with Crippen LogP contribution in [0.1, 0.15) is 57.1 Å². The zero-order valence-electron chi connectivity index (χ0n) is 12.2. The van der Waals surface area contributed by atoms with Crippen molar-refractivity contribution in [3.8, 4) is 5.75 Å². The molecule has 1 N–H and O–H groups in total. The summed E-state index contributed by atoms with van der Waals surface area (Å²) in [5.74, 6) is 0.819. The summed E-state index contributed by atoms with van der Waals surface area (Å²) in [5.41, 5.74) is 1.07. The number of ether oxygens (including phenoxy) is 2. The average Bonchev–Trinajstić information content (AvgIpc) is 3.08. The predicted molar refractivity (Wildman–Crippen MR) is 77.9 cm³/mol. The highest BCUT2D eigenvalue weighted by molar-refractivity contribution is 5.29. The first-order valence-corrected chi connectivity index (χ1v) is 7.76. The fraction of sp³-hybridized carbons (Fsp3) is 0.647. The lowest BCUT2D eigenvalue weighted by atomic mass is 9.98. The van der Waals surface area contributed by atoms with Crippen LogP contribution in [-0.4, -0.2) is 23.4 Å². The molecule has 1 unspecified atom stereocenters. The van der Waals surface area contributed by atoms with Gasteiger partial charge in [0.2, 0.25) is 0 Å². The van der Waals surface area contributed by atoms with Crippen LogP contribution < -0.4 is 4.74 Å². The van der Waals surface area contributed by atoms with Gasteiger partial charge in [-0.2, -0.15) is 0 Å². The molecule has 1 saturated carbocycles. The van der Waals surface area contributed by atoms with Crippen molar-refractivity contribution in [2.75, 3.05) is 6.61 Å². The Morgan fingerprint density at radius 1 is 1.35 bits per heavy atom. The molecule has 1 saturated heterocycles. The third-order valence-electron chi connectivity index (χ3n) is 4.63. The van der Waals surface area contributed by atoms with Crippen molar-refractivity contribution in [1.82, 2.24) is 0 Å². The standard InChI is InChI=1S/C17H24O3/c1-13(18)14-5-4-6-15(11-14)19-12-16-7-10-17(20-16)8-2-3-9-17/h4-6,11,13,16,18H,2-3,7-10,12H2,1H3/t13-,16?/m0/s1. The highest BCUT2D eigenvalue weighted by Crippen LogP contribution is 2.43. The van der Waals surface area contributed by atoms with Gasteiger partial charge in [0.1, 0.15) is 12.4 Å². The van der Waals surface area contributed by atoms with E-state index in [1.807, 2.05) is 24.3 Å². The molecule has 2 aliphatic rings. The Morgan fingerprint density at radius 3 is 2.90 bits per heavy atom. The normalized spacial score (nSPS) is 26.0. The maximum atomic E-state index is 9.59. The Labute approximate surface area is 120 Å². The number of hydrogen-bond donors (Lipinski definition) is 1. The van der Waals surface area contributed by atoms with Crippen molar-refractivity contribution >= 4 is 0 Å². The Morgan fingerprint density at radius 2 is 2.15 bits per heavy atom. The number of benzene rings is 1. The van der Waals surface area contributed by atoms with E-state index in [1.54, 1.807) is 6.92 Å². The second-order valence-corrected chi connectivity index (χ2v) is 6.23. The van der Waals surface area contributed by atoms with E-state index in [2.05, 4.69) is 0 Å². The van der Waals surface area contributed by atoms with Crippen LogP contribution in [0.4, 0.5) is 0 Å². The summed E-state index contributed by atoms with van der Waals surface area (Å²) in [6.45, 7) is 2.38. The van der Waals surface area contributed by atoms with Gasteiger partial charge in [0.25, 0.3) is 0 Å². The fourth-order valence-corrected chi connectivity index (χ4v) is 3.45. The van der Waals surface area contributed by atoms with E-state index in [0.29, 0.717) is 6.61 Å². The van der Waals surface area contributed by atoms with E-state index >= 15 is 0 Å². The summed E-state index contributed by atoms with van der Waals surface area (Å²) in [6, 6.07) is 7.68. The molecule has 2 fully saturated rings. The Hall–Kier alpha value is -1.06. The third kappa shape index (κ3) is 2.99. The molecule has 1 aliphatic carbocycles. The molecule has 3 rings (SSSR count). The lowest BCUT2D eigenvalue weighted by Crippen LogP contribution is -2.27. The van der Waals surface area contributed by atoms with Crippen LogP contribution in [0.3, 0.4) is 0 Å². The van der Waals surface area contributed by atoms with E-state index < -0.39 is 6.10 Å². The van der Waals surface area contributed by atoms with E-state index in [9.17, 15) is 5.11 Å². The molecule has 0 amide bonds. The molecule has 0 aromatic heterocycles. The minimum atomic E-state index is -0.456. The summed E-state index contributed by atoms with van der Waals surface area (Å²) in [5, 5.41) is 9.59. The monoisotopic (exact) mass is 276 g/mol. The quantitative estimate of drug-likeness (QED) is 0.913. The van der Waals surface area contributed by atoms with Crippen molar-refractivity contribution < 1.29 is 14.6 Å². The van der Waals surface area contributed by atoms with Crippen LogP contribution in [0.5, 0.6) is 5.75 Å². The number of aliphatic hydroxyl groups is 1. The van der Waals surface area contributed by atoms with Crippen molar-refractivity contribution in [3.05, 3.63) is 29.8 Å². The summed E-state index contributed by atoms with van der Waals surface area (Å²) in [6.07, 6.45) is 7.13. The molecule has 0 radical (unpaired) electrons. The van der Waals surface area contributed by atoms with Crippen LogP contribution in [-0.2, 0) is 4.74 Å². The van der Waals surface area contributed by atoms with Crippen molar-refractivity contribution in [2.24, 2.45) is 0 Å². The lowest BCUT2D eigenvalue weighted by molar-refractivity contribution is -0.0509. The van der Waals surface area contributed by atoms with Gasteiger partial charge in [-0.05, 0) is 50.3 Å². The fourth-order valence-electron chi connectivity index (χ4n) is 3.45. The maximum absolute atomic E-state index is 9.59. The second-order valence-electron chi connectivity index (χ2n) is 6.23. The number of hydrogen-bond acceptors (Lipinski definition) is 3. The second kappa shape index (κ2) is 5.74. The first-order valence-electron chi connectivity index (χ1n) is 7.76. The van der Waals surface area contributed by atoms with Crippen LogP contribution in [0.15, 0.2) is 24.3 Å². The highest BCUT2D eigenvalue weighted by atomic mass is 16.6. The molecule has 1 spiro atoms. The number of rotatable bonds is 4. The van der Waals surface area contributed by atoms with Gasteiger partial charge in [0.15, 0.2) is 0 Å². The van der Waals surface area contributed by atoms with Gasteiger partial charge in [-0.1, -0.05) is 25.0 Å². The van der Waals surface area contributed by atoms with Gasteiger partial charge < -0.3 is 14.6 Å². The molecule has 2 atom stereocenters. The largest absolute Gasteiger partial charge is 0.491 e. The van der Waals surface area contributed by atoms with Gasteiger partial charge in [0, 0.05) is 0 Å². The molecule has 20 heavy (non-hydrogen) atoms.